The van der Waals surface area contributed by atoms with E-state index < -0.39 is 4.92 Å². The normalized spacial score (nSPS) is 10.8. The molecule has 0 saturated carbocycles. The van der Waals surface area contributed by atoms with Crippen LogP contribution in [0, 0.1) is 13.7 Å². The van der Waals surface area contributed by atoms with Crippen LogP contribution >= 0.6 is 22.6 Å². The van der Waals surface area contributed by atoms with Crippen molar-refractivity contribution in [2.24, 2.45) is 0 Å². The summed E-state index contributed by atoms with van der Waals surface area (Å²) in [6.07, 6.45) is 0. The fraction of sp³-hybridized carbons (Fsp3) is 0. The average molecular weight is 366 g/mol. The van der Waals surface area contributed by atoms with E-state index in [1.165, 1.54) is 0 Å². The molecule has 0 bridgehead atoms. The van der Waals surface area contributed by atoms with Crippen molar-refractivity contribution in [1.29, 1.82) is 0 Å². The lowest BCUT2D eigenvalue weighted by atomic mass is 10.1. The summed E-state index contributed by atoms with van der Waals surface area (Å²) < 4.78 is 1.08. The Kier molecular flexibility index (Phi) is 2.90. The molecule has 19 heavy (non-hydrogen) atoms. The van der Waals surface area contributed by atoms with Crippen LogP contribution < -0.4 is 0 Å². The minimum absolute atomic E-state index is 0.178. The van der Waals surface area contributed by atoms with Gasteiger partial charge in [0.25, 0.3) is 0 Å². The largest absolute Gasteiger partial charge is 0.369 e. The first-order valence-electron chi connectivity index (χ1n) is 5.40. The van der Waals surface area contributed by atoms with Gasteiger partial charge in [-0.1, -0.05) is 17.2 Å². The predicted octanol–water partition coefficient (Wildman–Crippen LogP) is 3.14. The number of hydrogen-bond acceptors (Lipinski definition) is 4. The molecule has 0 amide bonds. The van der Waals surface area contributed by atoms with Crippen molar-refractivity contribution in [2.75, 3.05) is 0 Å². The monoisotopic (exact) mass is 366 g/mol. The molecule has 0 aliphatic carbocycles. The predicted molar refractivity (Wildman–Crippen MR) is 78.7 cm³/mol. The molecule has 3 aromatic rings. The first kappa shape index (κ1) is 12.0. The second kappa shape index (κ2) is 4.57. The van der Waals surface area contributed by atoms with Crippen molar-refractivity contribution in [3.8, 4) is 11.3 Å². The van der Waals surface area contributed by atoms with Crippen LogP contribution in [0.5, 0.6) is 0 Å². The summed E-state index contributed by atoms with van der Waals surface area (Å²) >= 11 is 2.21. The van der Waals surface area contributed by atoms with Crippen LogP contribution in [0.3, 0.4) is 0 Å². The molecule has 2 heterocycles. The van der Waals surface area contributed by atoms with Crippen LogP contribution in [0.2, 0.25) is 0 Å². The maximum absolute atomic E-state index is 10.9. The van der Waals surface area contributed by atoms with Crippen LogP contribution in [0.25, 0.3) is 22.3 Å². The van der Waals surface area contributed by atoms with Gasteiger partial charge in [-0.05, 0) is 51.8 Å². The molecule has 0 spiro atoms. The van der Waals surface area contributed by atoms with E-state index in [1.807, 2.05) is 24.3 Å². The van der Waals surface area contributed by atoms with Gasteiger partial charge in [0.2, 0.25) is 0 Å². The molecule has 0 saturated heterocycles. The Balaban J connectivity index is 2.20. The zero-order chi connectivity index (χ0) is 13.4. The zero-order valence-electron chi connectivity index (χ0n) is 9.50. The Morgan fingerprint density at radius 2 is 2.11 bits per heavy atom. The third kappa shape index (κ3) is 2.16. The fourth-order valence-corrected chi connectivity index (χ4v) is 2.36. The van der Waals surface area contributed by atoms with E-state index in [1.54, 1.807) is 12.1 Å². The van der Waals surface area contributed by atoms with E-state index in [2.05, 4.69) is 37.8 Å². The van der Waals surface area contributed by atoms with Gasteiger partial charge in [0.1, 0.15) is 5.52 Å². The molecule has 0 aliphatic heterocycles. The maximum atomic E-state index is 10.9. The lowest BCUT2D eigenvalue weighted by molar-refractivity contribution is -0.388. The van der Waals surface area contributed by atoms with Crippen LogP contribution in [0.4, 0.5) is 5.82 Å². The minimum atomic E-state index is -0.513. The number of aromatic nitrogens is 3. The van der Waals surface area contributed by atoms with E-state index in [4.69, 9.17) is 0 Å². The van der Waals surface area contributed by atoms with E-state index in [-0.39, 0.29) is 11.3 Å². The van der Waals surface area contributed by atoms with Crippen LogP contribution in [-0.2, 0) is 0 Å². The maximum Gasteiger partial charge on any atom is 0.369 e. The number of H-pyrrole nitrogens is 1. The molecule has 0 fully saturated rings. The van der Waals surface area contributed by atoms with Gasteiger partial charge >= 0.3 is 5.82 Å². The van der Waals surface area contributed by atoms with E-state index >= 15 is 0 Å². The van der Waals surface area contributed by atoms with E-state index in [9.17, 15) is 10.1 Å². The summed E-state index contributed by atoms with van der Waals surface area (Å²) in [5.41, 5.74) is 2.38. The van der Waals surface area contributed by atoms with Gasteiger partial charge in [-0.2, -0.15) is 0 Å². The number of pyridine rings is 1. The molecule has 1 aromatic carbocycles. The van der Waals surface area contributed by atoms with Gasteiger partial charge in [-0.15, -0.1) is 5.10 Å². The van der Waals surface area contributed by atoms with E-state index in [0.717, 1.165) is 9.13 Å². The van der Waals surface area contributed by atoms with Crippen molar-refractivity contribution in [3.05, 3.63) is 50.1 Å². The highest BCUT2D eigenvalue weighted by atomic mass is 127. The van der Waals surface area contributed by atoms with Crippen molar-refractivity contribution in [1.82, 2.24) is 15.2 Å². The average Bonchev–Trinajstić information content (AvgIpc) is 2.81. The number of fused-ring (bicyclic) bond motifs is 1. The Morgan fingerprint density at radius 3 is 2.84 bits per heavy atom. The molecular formula is C12H7IN4O2. The zero-order valence-corrected chi connectivity index (χ0v) is 11.7. The van der Waals surface area contributed by atoms with Gasteiger partial charge in [0, 0.05) is 9.13 Å². The number of halogens is 1. The highest BCUT2D eigenvalue weighted by molar-refractivity contribution is 14.1. The number of nitrogens with zero attached hydrogens (tertiary/aromatic N) is 3. The first-order chi connectivity index (χ1) is 9.15. The van der Waals surface area contributed by atoms with Gasteiger partial charge in [-0.3, -0.25) is 0 Å². The number of hydrogen-bond donors (Lipinski definition) is 1. The molecule has 2 aromatic heterocycles. The second-order valence-corrected chi connectivity index (χ2v) is 5.15. The topological polar surface area (TPSA) is 84.7 Å². The number of rotatable bonds is 2. The standard InChI is InChI=1S/C12H7IN4O2/c13-8-3-1-2-7(6-8)9-4-5-10-11(14-9)12(16-15-10)17(18)19/h1-6H,(H,15,16). The molecule has 3 rings (SSSR count). The Hall–Kier alpha value is -2.03. The number of benzene rings is 1. The minimum Gasteiger partial charge on any atom is -0.358 e. The second-order valence-electron chi connectivity index (χ2n) is 3.90. The molecule has 0 aliphatic rings. The van der Waals surface area contributed by atoms with Gasteiger partial charge in [-0.25, -0.2) is 4.98 Å². The molecule has 0 radical (unpaired) electrons. The molecule has 94 valence electrons. The Morgan fingerprint density at radius 1 is 1.26 bits per heavy atom. The Labute approximate surface area is 121 Å². The van der Waals surface area contributed by atoms with Crippen LogP contribution in [-0.4, -0.2) is 20.1 Å². The third-order valence-electron chi connectivity index (χ3n) is 2.68. The first-order valence-corrected chi connectivity index (χ1v) is 6.48. The summed E-state index contributed by atoms with van der Waals surface area (Å²) in [6, 6.07) is 11.3. The SMILES string of the molecule is O=[N+]([O-])c1[nH]nc2ccc(-c3cccc(I)c3)nc12. The summed E-state index contributed by atoms with van der Waals surface area (Å²) in [7, 11) is 0. The third-order valence-corrected chi connectivity index (χ3v) is 3.35. The molecule has 0 unspecified atom stereocenters. The molecule has 7 heteroatoms. The smallest absolute Gasteiger partial charge is 0.358 e. The quantitative estimate of drug-likeness (QED) is 0.429. The lowest BCUT2D eigenvalue weighted by Gasteiger charge is -2.01. The highest BCUT2D eigenvalue weighted by Gasteiger charge is 2.16. The van der Waals surface area contributed by atoms with Crippen molar-refractivity contribution >= 4 is 39.4 Å². The molecule has 1 N–H and O–H groups in total. The fourth-order valence-electron chi connectivity index (χ4n) is 1.82. The van der Waals surface area contributed by atoms with Crippen molar-refractivity contribution in [2.45, 2.75) is 0 Å². The van der Waals surface area contributed by atoms with Gasteiger partial charge in [0.05, 0.1) is 5.69 Å². The molecular weight excluding hydrogens is 359 g/mol. The summed E-state index contributed by atoms with van der Waals surface area (Å²) in [5, 5.41) is 17.1. The summed E-state index contributed by atoms with van der Waals surface area (Å²) in [4.78, 5) is 14.7. The molecule has 6 nitrogen and oxygen atoms in total. The molecule has 0 atom stereocenters. The lowest BCUT2D eigenvalue weighted by Crippen LogP contribution is -1.90. The highest BCUT2D eigenvalue weighted by Crippen LogP contribution is 2.25. The number of nitrogens with one attached hydrogen (secondary N) is 1. The van der Waals surface area contributed by atoms with Crippen molar-refractivity contribution < 1.29 is 4.92 Å². The van der Waals surface area contributed by atoms with Gasteiger partial charge in [0.15, 0.2) is 5.52 Å². The summed E-state index contributed by atoms with van der Waals surface area (Å²) in [5.74, 6) is -0.178. The van der Waals surface area contributed by atoms with Crippen LogP contribution in [0.1, 0.15) is 0 Å². The number of nitro groups is 1. The van der Waals surface area contributed by atoms with Gasteiger partial charge < -0.3 is 10.1 Å². The van der Waals surface area contributed by atoms with Crippen molar-refractivity contribution in [3.63, 3.8) is 0 Å². The van der Waals surface area contributed by atoms with E-state index in [0.29, 0.717) is 11.2 Å². The number of aromatic amines is 1. The van der Waals surface area contributed by atoms with Crippen LogP contribution in [0.15, 0.2) is 36.4 Å². The Bertz CT molecular complexity index is 784. The summed E-state index contributed by atoms with van der Waals surface area (Å²) in [6.45, 7) is 0.